The minimum Gasteiger partial charge on any atom is -0.221 e. The summed E-state index contributed by atoms with van der Waals surface area (Å²) in [6.45, 7) is 6.40. The van der Waals surface area contributed by atoms with Crippen molar-refractivity contribution in [2.45, 2.75) is 97.0 Å². The molecule has 0 bridgehead atoms. The van der Waals surface area contributed by atoms with Crippen molar-refractivity contribution in [1.82, 2.24) is 0 Å². The summed E-state index contributed by atoms with van der Waals surface area (Å²) in [5, 5.41) is 12.4. The first-order valence-corrected chi connectivity index (χ1v) is 7.74. The van der Waals surface area contributed by atoms with Crippen LogP contribution in [0.15, 0.2) is 0 Å². The van der Waals surface area contributed by atoms with Crippen molar-refractivity contribution in [3.05, 3.63) is 0 Å². The van der Waals surface area contributed by atoms with Crippen molar-refractivity contribution >= 4 is 0 Å². The van der Waals surface area contributed by atoms with E-state index in [-0.39, 0.29) is 5.60 Å². The van der Waals surface area contributed by atoms with Gasteiger partial charge in [-0.15, -0.1) is 0 Å². The van der Waals surface area contributed by atoms with Gasteiger partial charge < -0.3 is 0 Å². The molecular formula is C15H32O3. The van der Waals surface area contributed by atoms with Gasteiger partial charge in [0.25, 0.3) is 0 Å². The molecule has 0 aliphatic heterocycles. The molecule has 0 atom stereocenters. The molecule has 0 unspecified atom stereocenters. The van der Waals surface area contributed by atoms with Crippen molar-refractivity contribution in [2.75, 3.05) is 0 Å². The smallest absolute Gasteiger partial charge is 0.106 e. The Morgan fingerprint density at radius 2 is 1.28 bits per heavy atom. The van der Waals surface area contributed by atoms with E-state index in [1.165, 1.54) is 44.9 Å². The maximum Gasteiger partial charge on any atom is 0.106 e. The SMILES string of the molecule is CCCCCCCCCCC(CC)(CC)OOO. The van der Waals surface area contributed by atoms with Gasteiger partial charge in [-0.1, -0.05) is 77.2 Å². The largest absolute Gasteiger partial charge is 0.221 e. The number of unbranched alkanes of at least 4 members (excludes halogenated alkanes) is 7. The highest BCUT2D eigenvalue weighted by molar-refractivity contribution is 4.76. The Hall–Kier alpha value is -0.120. The van der Waals surface area contributed by atoms with Gasteiger partial charge in [-0.25, -0.2) is 5.26 Å². The quantitative estimate of drug-likeness (QED) is 0.270. The summed E-state index contributed by atoms with van der Waals surface area (Å²) in [5.41, 5.74) is -0.295. The Labute approximate surface area is 113 Å². The van der Waals surface area contributed by atoms with Crippen molar-refractivity contribution in [3.63, 3.8) is 0 Å². The average molecular weight is 260 g/mol. The van der Waals surface area contributed by atoms with Crippen LogP contribution in [-0.2, 0) is 9.93 Å². The molecule has 110 valence electrons. The van der Waals surface area contributed by atoms with Crippen molar-refractivity contribution in [3.8, 4) is 0 Å². The Morgan fingerprint density at radius 3 is 1.72 bits per heavy atom. The maximum absolute atomic E-state index is 8.47. The lowest BCUT2D eigenvalue weighted by atomic mass is 9.90. The molecule has 0 fully saturated rings. The summed E-state index contributed by atoms with van der Waals surface area (Å²) in [5.74, 6) is 0. The molecule has 3 heteroatoms. The van der Waals surface area contributed by atoms with E-state index in [4.69, 9.17) is 10.1 Å². The first kappa shape index (κ1) is 17.9. The molecule has 0 spiro atoms. The van der Waals surface area contributed by atoms with Crippen LogP contribution in [0.5, 0.6) is 0 Å². The molecule has 1 N–H and O–H groups in total. The molecule has 0 heterocycles. The van der Waals surface area contributed by atoms with Gasteiger partial charge in [0, 0.05) is 0 Å². The molecule has 0 saturated carbocycles. The van der Waals surface area contributed by atoms with Crippen LogP contribution >= 0.6 is 0 Å². The summed E-state index contributed by atoms with van der Waals surface area (Å²) in [4.78, 5) is 5.04. The van der Waals surface area contributed by atoms with Crippen molar-refractivity contribution in [1.29, 1.82) is 0 Å². The van der Waals surface area contributed by atoms with Crippen LogP contribution in [0, 0.1) is 0 Å². The zero-order valence-corrected chi connectivity index (χ0v) is 12.5. The lowest BCUT2D eigenvalue weighted by molar-refractivity contribution is -0.527. The second-order valence-electron chi connectivity index (χ2n) is 5.27. The highest BCUT2D eigenvalue weighted by atomic mass is 17.5. The fraction of sp³-hybridized carbons (Fsp3) is 1.00. The Kier molecular flexibility index (Phi) is 11.9. The van der Waals surface area contributed by atoms with Crippen LogP contribution in [-0.4, -0.2) is 10.9 Å². The van der Waals surface area contributed by atoms with E-state index < -0.39 is 0 Å². The third kappa shape index (κ3) is 8.06. The minimum atomic E-state index is -0.295. The van der Waals surface area contributed by atoms with Gasteiger partial charge in [-0.05, 0) is 19.3 Å². The molecule has 3 nitrogen and oxygen atoms in total. The third-order valence-corrected chi connectivity index (χ3v) is 3.99. The van der Waals surface area contributed by atoms with Crippen LogP contribution in [0.3, 0.4) is 0 Å². The molecule has 0 amide bonds. The first-order chi connectivity index (χ1) is 8.74. The van der Waals surface area contributed by atoms with Gasteiger partial charge in [0.2, 0.25) is 0 Å². The van der Waals surface area contributed by atoms with Gasteiger partial charge >= 0.3 is 0 Å². The molecule has 0 aromatic heterocycles. The molecule has 0 aromatic rings. The van der Waals surface area contributed by atoms with E-state index in [0.717, 1.165) is 25.7 Å². The first-order valence-electron chi connectivity index (χ1n) is 7.74. The summed E-state index contributed by atoms with van der Waals surface area (Å²) in [6.07, 6.45) is 13.2. The van der Waals surface area contributed by atoms with Crippen molar-refractivity contribution in [2.24, 2.45) is 0 Å². The maximum atomic E-state index is 8.47. The van der Waals surface area contributed by atoms with Crippen LogP contribution in [0.25, 0.3) is 0 Å². The lowest BCUT2D eigenvalue weighted by Crippen LogP contribution is -2.30. The molecule has 0 aliphatic carbocycles. The third-order valence-electron chi connectivity index (χ3n) is 3.99. The zero-order valence-electron chi connectivity index (χ0n) is 12.5. The highest BCUT2D eigenvalue weighted by Gasteiger charge is 2.28. The normalized spacial score (nSPS) is 12.0. The van der Waals surface area contributed by atoms with E-state index in [1.807, 2.05) is 0 Å². The highest BCUT2D eigenvalue weighted by Crippen LogP contribution is 2.27. The summed E-state index contributed by atoms with van der Waals surface area (Å²) < 4.78 is 0. The van der Waals surface area contributed by atoms with Gasteiger partial charge in [0.1, 0.15) is 5.60 Å². The van der Waals surface area contributed by atoms with Gasteiger partial charge in [0.15, 0.2) is 0 Å². The van der Waals surface area contributed by atoms with Crippen molar-refractivity contribution < 1.29 is 15.2 Å². The second-order valence-corrected chi connectivity index (χ2v) is 5.27. The molecule has 0 saturated heterocycles. The fourth-order valence-corrected chi connectivity index (χ4v) is 2.42. The predicted molar refractivity (Wildman–Crippen MR) is 75.3 cm³/mol. The van der Waals surface area contributed by atoms with Gasteiger partial charge in [-0.2, -0.15) is 4.89 Å². The number of hydrogen-bond acceptors (Lipinski definition) is 3. The summed E-state index contributed by atoms with van der Waals surface area (Å²) in [6, 6.07) is 0. The van der Waals surface area contributed by atoms with E-state index in [9.17, 15) is 0 Å². The Balaban J connectivity index is 3.55. The average Bonchev–Trinajstić information content (AvgIpc) is 2.40. The number of hydrogen-bond donors (Lipinski definition) is 1. The molecule has 0 aromatic carbocycles. The molecule has 0 aliphatic rings. The summed E-state index contributed by atoms with van der Waals surface area (Å²) >= 11 is 0. The van der Waals surface area contributed by atoms with Gasteiger partial charge in [0.05, 0.1) is 0 Å². The van der Waals surface area contributed by atoms with Crippen LogP contribution in [0.4, 0.5) is 0 Å². The van der Waals surface area contributed by atoms with E-state index in [0.29, 0.717) is 0 Å². The predicted octanol–water partition coefficient (Wildman–Crippen LogP) is 5.50. The van der Waals surface area contributed by atoms with Crippen LogP contribution in [0.2, 0.25) is 0 Å². The van der Waals surface area contributed by atoms with E-state index >= 15 is 0 Å². The van der Waals surface area contributed by atoms with Crippen LogP contribution < -0.4 is 0 Å². The minimum absolute atomic E-state index is 0.295. The van der Waals surface area contributed by atoms with Crippen LogP contribution in [0.1, 0.15) is 91.4 Å². The molecular weight excluding hydrogens is 228 g/mol. The lowest BCUT2D eigenvalue weighted by Gasteiger charge is -2.28. The van der Waals surface area contributed by atoms with Gasteiger partial charge in [-0.3, -0.25) is 0 Å². The van der Waals surface area contributed by atoms with E-state index in [1.54, 1.807) is 0 Å². The summed E-state index contributed by atoms with van der Waals surface area (Å²) in [7, 11) is 0. The zero-order chi connectivity index (χ0) is 13.7. The second kappa shape index (κ2) is 11.9. The Morgan fingerprint density at radius 1 is 0.778 bits per heavy atom. The number of rotatable bonds is 13. The molecule has 0 radical (unpaired) electrons. The monoisotopic (exact) mass is 260 g/mol. The molecule has 0 rings (SSSR count). The topological polar surface area (TPSA) is 38.7 Å². The molecule has 18 heavy (non-hydrogen) atoms. The fourth-order valence-electron chi connectivity index (χ4n) is 2.42. The Bertz CT molecular complexity index is 167. The standard InChI is InChI=1S/C15H32O3/c1-4-7-8-9-10-11-12-13-14-15(5-2,6-3)17-18-16/h16H,4-14H2,1-3H3. The van der Waals surface area contributed by atoms with E-state index in [2.05, 4.69) is 25.8 Å².